The topological polar surface area (TPSA) is 0 Å². The smallest absolute Gasteiger partial charge is 0.0150 e. The highest BCUT2D eigenvalue weighted by atomic mass is 31.1. The summed E-state index contributed by atoms with van der Waals surface area (Å²) < 4.78 is 0. The van der Waals surface area contributed by atoms with Crippen molar-refractivity contribution in [1.29, 1.82) is 0 Å². The van der Waals surface area contributed by atoms with Crippen LogP contribution in [0.5, 0.6) is 0 Å². The van der Waals surface area contributed by atoms with Crippen molar-refractivity contribution in [3.63, 3.8) is 0 Å². The molecule has 1 aromatic rings. The summed E-state index contributed by atoms with van der Waals surface area (Å²) in [5.41, 5.74) is 8.39. The van der Waals surface area contributed by atoms with Crippen molar-refractivity contribution in [2.75, 3.05) is 12.3 Å². The van der Waals surface area contributed by atoms with E-state index < -0.39 is 0 Å². The van der Waals surface area contributed by atoms with Gasteiger partial charge in [0, 0.05) is 11.3 Å². The van der Waals surface area contributed by atoms with E-state index in [0.29, 0.717) is 0 Å². The highest BCUT2D eigenvalue weighted by Gasteiger charge is 2.39. The Labute approximate surface area is 145 Å². The third-order valence-electron chi connectivity index (χ3n) is 5.30. The van der Waals surface area contributed by atoms with Gasteiger partial charge in [-0.05, 0) is 55.0 Å². The first-order chi connectivity index (χ1) is 11.3. The SMILES string of the molecule is CC/C=C\C1=C(C)[C@H]([C@H]2c3ccccc3C[P@]2CCCC)PC1. The molecule has 0 aliphatic carbocycles. The van der Waals surface area contributed by atoms with Crippen LogP contribution in [-0.4, -0.2) is 18.0 Å². The second kappa shape index (κ2) is 8.09. The lowest BCUT2D eigenvalue weighted by atomic mass is 9.98. The van der Waals surface area contributed by atoms with Crippen LogP contribution < -0.4 is 0 Å². The Balaban J connectivity index is 1.89. The normalized spacial score (nSPS) is 28.2. The van der Waals surface area contributed by atoms with Gasteiger partial charge in [0.05, 0.1) is 0 Å². The van der Waals surface area contributed by atoms with Crippen molar-refractivity contribution in [2.24, 2.45) is 0 Å². The molecule has 0 amide bonds. The maximum Gasteiger partial charge on any atom is 0.0150 e. The molecule has 2 heteroatoms. The third kappa shape index (κ3) is 3.65. The molecule has 0 bridgehead atoms. The molecule has 2 heterocycles. The number of allylic oxidation sites excluding steroid dienone is 4. The molecule has 0 saturated carbocycles. The van der Waals surface area contributed by atoms with E-state index in [2.05, 4.69) is 57.2 Å². The third-order valence-corrected chi connectivity index (χ3v) is 10.4. The maximum atomic E-state index is 2.44. The monoisotopic (exact) mass is 344 g/mol. The Kier molecular flexibility index (Phi) is 6.12. The lowest BCUT2D eigenvalue weighted by Gasteiger charge is -2.28. The standard InChI is InChI=1S/C21H30P2/c1-4-6-10-17-14-22-20(16(17)3)21-19-12-9-8-11-18(19)15-23(21)13-7-5-2/h6,8-12,20-22H,4-5,7,13-15H2,1-3H3/b10-6-/t20-,21-,23+/m1/s1. The second-order valence-electron chi connectivity index (χ2n) is 6.85. The van der Waals surface area contributed by atoms with E-state index >= 15 is 0 Å². The second-order valence-corrected chi connectivity index (χ2v) is 10.7. The summed E-state index contributed by atoms with van der Waals surface area (Å²) in [6, 6.07) is 9.33. The van der Waals surface area contributed by atoms with Crippen molar-refractivity contribution >= 4 is 16.5 Å². The summed E-state index contributed by atoms with van der Waals surface area (Å²) in [6.45, 7) is 7.00. The van der Waals surface area contributed by atoms with Gasteiger partial charge in [-0.1, -0.05) is 70.2 Å². The molecular formula is C21H30P2. The molecule has 0 N–H and O–H groups in total. The van der Waals surface area contributed by atoms with Gasteiger partial charge in [0.1, 0.15) is 0 Å². The van der Waals surface area contributed by atoms with E-state index in [1.807, 2.05) is 0 Å². The van der Waals surface area contributed by atoms with E-state index in [4.69, 9.17) is 0 Å². The molecule has 0 radical (unpaired) electrons. The predicted octanol–water partition coefficient (Wildman–Crippen LogP) is 6.87. The van der Waals surface area contributed by atoms with Crippen LogP contribution in [0.4, 0.5) is 0 Å². The number of rotatable bonds is 6. The highest BCUT2D eigenvalue weighted by molar-refractivity contribution is 7.58. The van der Waals surface area contributed by atoms with Crippen LogP contribution in [-0.2, 0) is 6.16 Å². The van der Waals surface area contributed by atoms with Crippen LogP contribution in [0.15, 0.2) is 47.6 Å². The van der Waals surface area contributed by atoms with Crippen molar-refractivity contribution in [3.8, 4) is 0 Å². The molecule has 0 spiro atoms. The van der Waals surface area contributed by atoms with Gasteiger partial charge in [0.15, 0.2) is 0 Å². The predicted molar refractivity (Wildman–Crippen MR) is 109 cm³/mol. The molecule has 3 rings (SSSR count). The fraction of sp³-hybridized carbons (Fsp3) is 0.524. The lowest BCUT2D eigenvalue weighted by molar-refractivity contribution is 0.872. The summed E-state index contributed by atoms with van der Waals surface area (Å²) in [6.07, 6.45) is 12.8. The summed E-state index contributed by atoms with van der Waals surface area (Å²) >= 11 is 0. The van der Waals surface area contributed by atoms with Crippen LogP contribution >= 0.6 is 16.5 Å². The van der Waals surface area contributed by atoms with E-state index in [0.717, 1.165) is 26.3 Å². The zero-order chi connectivity index (χ0) is 16.2. The van der Waals surface area contributed by atoms with E-state index in [1.54, 1.807) is 22.3 Å². The first-order valence-electron chi connectivity index (χ1n) is 9.17. The number of unbranched alkanes of at least 4 members (excludes halogenated alkanes) is 1. The molecule has 23 heavy (non-hydrogen) atoms. The maximum absolute atomic E-state index is 2.44. The van der Waals surface area contributed by atoms with E-state index in [-0.39, 0.29) is 7.92 Å². The van der Waals surface area contributed by atoms with Gasteiger partial charge in [0.2, 0.25) is 0 Å². The average molecular weight is 344 g/mol. The molecule has 0 aromatic heterocycles. The Bertz CT molecular complexity index is 600. The molecule has 124 valence electrons. The van der Waals surface area contributed by atoms with Crippen molar-refractivity contribution in [2.45, 2.75) is 57.5 Å². The number of hydrogen-bond donors (Lipinski definition) is 0. The Hall–Kier alpha value is -0.440. The van der Waals surface area contributed by atoms with Gasteiger partial charge in [-0.25, -0.2) is 0 Å². The van der Waals surface area contributed by atoms with Gasteiger partial charge in [-0.15, -0.1) is 8.58 Å². The molecule has 0 nitrogen and oxygen atoms in total. The lowest BCUT2D eigenvalue weighted by Crippen LogP contribution is -2.11. The van der Waals surface area contributed by atoms with Crippen LogP contribution in [0.3, 0.4) is 0 Å². The molecule has 0 fully saturated rings. The molecule has 1 unspecified atom stereocenters. The Morgan fingerprint density at radius 3 is 2.87 bits per heavy atom. The first kappa shape index (κ1) is 17.4. The minimum atomic E-state index is 0.138. The van der Waals surface area contributed by atoms with Gasteiger partial charge < -0.3 is 0 Å². The van der Waals surface area contributed by atoms with Crippen molar-refractivity contribution < 1.29 is 0 Å². The van der Waals surface area contributed by atoms with Gasteiger partial charge in [0.25, 0.3) is 0 Å². The van der Waals surface area contributed by atoms with E-state index in [1.165, 1.54) is 31.3 Å². The quantitative estimate of drug-likeness (QED) is 0.494. The van der Waals surface area contributed by atoms with Gasteiger partial charge in [-0.2, -0.15) is 0 Å². The minimum absolute atomic E-state index is 0.138. The number of fused-ring (bicyclic) bond motifs is 1. The van der Waals surface area contributed by atoms with Gasteiger partial charge in [-0.3, -0.25) is 0 Å². The van der Waals surface area contributed by atoms with Gasteiger partial charge >= 0.3 is 0 Å². The zero-order valence-electron chi connectivity index (χ0n) is 14.8. The number of benzene rings is 1. The van der Waals surface area contributed by atoms with Crippen LogP contribution in [0.1, 0.15) is 56.8 Å². The van der Waals surface area contributed by atoms with Crippen LogP contribution in [0.25, 0.3) is 0 Å². The molecule has 0 saturated heterocycles. The minimum Gasteiger partial charge on any atom is -0.109 e. The van der Waals surface area contributed by atoms with Crippen LogP contribution in [0.2, 0.25) is 0 Å². The first-order valence-corrected chi connectivity index (χ1v) is 12.2. The molecule has 4 atom stereocenters. The summed E-state index contributed by atoms with van der Waals surface area (Å²) in [5, 5.41) is 0. The van der Waals surface area contributed by atoms with Crippen LogP contribution in [0, 0.1) is 0 Å². The average Bonchev–Trinajstić information content (AvgIpc) is 3.11. The molecule has 2 aliphatic heterocycles. The summed E-state index contributed by atoms with van der Waals surface area (Å²) in [7, 11) is 1.24. The largest absolute Gasteiger partial charge is 0.109 e. The molecule has 2 aliphatic rings. The fourth-order valence-corrected chi connectivity index (χ4v) is 10.0. The summed E-state index contributed by atoms with van der Waals surface area (Å²) in [4.78, 5) is 0. The Morgan fingerprint density at radius 2 is 2.09 bits per heavy atom. The van der Waals surface area contributed by atoms with Crippen molar-refractivity contribution in [3.05, 3.63) is 58.7 Å². The molecular weight excluding hydrogens is 314 g/mol. The summed E-state index contributed by atoms with van der Waals surface area (Å²) in [5.74, 6) is 0. The molecule has 1 aromatic carbocycles. The Morgan fingerprint density at radius 1 is 1.26 bits per heavy atom. The number of hydrogen-bond acceptors (Lipinski definition) is 0. The zero-order valence-corrected chi connectivity index (χ0v) is 16.7. The fourth-order valence-electron chi connectivity index (χ4n) is 3.96. The highest BCUT2D eigenvalue weighted by Crippen LogP contribution is 2.66. The van der Waals surface area contributed by atoms with E-state index in [9.17, 15) is 0 Å². The van der Waals surface area contributed by atoms with Crippen molar-refractivity contribution in [1.82, 2.24) is 0 Å².